The van der Waals surface area contributed by atoms with Crippen LogP contribution in [0.5, 0.6) is 0 Å². The molecule has 4 heteroatoms. The summed E-state index contributed by atoms with van der Waals surface area (Å²) < 4.78 is 0. The number of H-pyrrole nitrogens is 1. The minimum Gasteiger partial charge on any atom is -0.380 e. The molecular weight excluding hydrogens is 279 g/mol. The van der Waals surface area contributed by atoms with E-state index < -0.39 is 0 Å². The summed E-state index contributed by atoms with van der Waals surface area (Å²) in [5.74, 6) is 0. The molecule has 2 aromatic carbocycles. The van der Waals surface area contributed by atoms with Crippen LogP contribution in [0.3, 0.4) is 0 Å². The molecule has 19 heavy (non-hydrogen) atoms. The number of fused-ring (bicyclic) bond motifs is 1. The monoisotopic (exact) mass is 290 g/mol. The minimum atomic E-state index is 0.561. The summed E-state index contributed by atoms with van der Waals surface area (Å²) in [5, 5.41) is 5.66. The van der Waals surface area contributed by atoms with Gasteiger partial charge in [-0.2, -0.15) is 0 Å². The molecule has 96 valence electrons. The van der Waals surface area contributed by atoms with E-state index in [4.69, 9.17) is 23.2 Å². The Hall–Kier alpha value is -1.64. The van der Waals surface area contributed by atoms with Crippen LogP contribution < -0.4 is 5.32 Å². The molecule has 0 unspecified atom stereocenters. The Morgan fingerprint density at radius 3 is 2.74 bits per heavy atom. The Bertz CT molecular complexity index is 719. The van der Waals surface area contributed by atoms with E-state index in [1.54, 1.807) is 6.07 Å². The van der Waals surface area contributed by atoms with Crippen LogP contribution in [0.2, 0.25) is 10.0 Å². The van der Waals surface area contributed by atoms with E-state index in [9.17, 15) is 0 Å². The van der Waals surface area contributed by atoms with Crippen LogP contribution in [0, 0.1) is 0 Å². The van der Waals surface area contributed by atoms with Crippen LogP contribution >= 0.6 is 23.2 Å². The van der Waals surface area contributed by atoms with Gasteiger partial charge in [0.2, 0.25) is 0 Å². The zero-order chi connectivity index (χ0) is 13.2. The van der Waals surface area contributed by atoms with Gasteiger partial charge in [-0.3, -0.25) is 0 Å². The molecule has 0 amide bonds. The molecule has 0 radical (unpaired) electrons. The van der Waals surface area contributed by atoms with Crippen molar-refractivity contribution < 1.29 is 0 Å². The number of hydrogen-bond acceptors (Lipinski definition) is 1. The number of halogens is 2. The Morgan fingerprint density at radius 1 is 1.00 bits per heavy atom. The number of anilines is 1. The lowest BCUT2D eigenvalue weighted by atomic mass is 10.1. The Labute approximate surface area is 121 Å². The smallest absolute Gasteiger partial charge is 0.0823 e. The van der Waals surface area contributed by atoms with Gasteiger partial charge >= 0.3 is 0 Å². The predicted octanol–water partition coefficient (Wildman–Crippen LogP) is 5.09. The van der Waals surface area contributed by atoms with Crippen molar-refractivity contribution in [1.82, 2.24) is 4.98 Å². The average Bonchev–Trinajstić information content (AvgIpc) is 2.89. The Balaban J connectivity index is 1.86. The highest BCUT2D eigenvalue weighted by Gasteiger charge is 2.05. The van der Waals surface area contributed by atoms with Crippen molar-refractivity contribution in [2.45, 2.75) is 6.54 Å². The first-order valence-corrected chi connectivity index (χ1v) is 6.74. The lowest BCUT2D eigenvalue weighted by Crippen LogP contribution is -2.00. The summed E-state index contributed by atoms with van der Waals surface area (Å²) >= 11 is 12.2. The maximum atomic E-state index is 6.16. The zero-order valence-electron chi connectivity index (χ0n) is 10.1. The topological polar surface area (TPSA) is 27.8 Å². The number of benzene rings is 2. The van der Waals surface area contributed by atoms with E-state index in [2.05, 4.69) is 28.5 Å². The van der Waals surface area contributed by atoms with Crippen molar-refractivity contribution >= 4 is 39.8 Å². The second kappa shape index (κ2) is 5.16. The highest BCUT2D eigenvalue weighted by Crippen LogP contribution is 2.30. The van der Waals surface area contributed by atoms with E-state index in [1.807, 2.05) is 24.4 Å². The van der Waals surface area contributed by atoms with Crippen LogP contribution in [0.15, 0.2) is 48.7 Å². The molecule has 0 aliphatic heterocycles. The van der Waals surface area contributed by atoms with Crippen molar-refractivity contribution in [3.63, 3.8) is 0 Å². The van der Waals surface area contributed by atoms with Gasteiger partial charge in [-0.25, -0.2) is 0 Å². The molecule has 2 N–H and O–H groups in total. The number of rotatable bonds is 3. The first kappa shape index (κ1) is 12.4. The maximum absolute atomic E-state index is 6.16. The van der Waals surface area contributed by atoms with Gasteiger partial charge < -0.3 is 10.3 Å². The van der Waals surface area contributed by atoms with Gasteiger partial charge in [0.15, 0.2) is 0 Å². The molecule has 1 aromatic heterocycles. The van der Waals surface area contributed by atoms with Crippen molar-refractivity contribution in [2.24, 2.45) is 0 Å². The first-order valence-electron chi connectivity index (χ1n) is 5.98. The zero-order valence-corrected chi connectivity index (χ0v) is 11.6. The molecule has 0 saturated heterocycles. The third-order valence-electron chi connectivity index (χ3n) is 3.11. The van der Waals surface area contributed by atoms with Gasteiger partial charge in [-0.05, 0) is 29.8 Å². The second-order valence-electron chi connectivity index (χ2n) is 4.31. The molecular formula is C15H12Cl2N2. The van der Waals surface area contributed by atoms with E-state index in [-0.39, 0.29) is 0 Å². The highest BCUT2D eigenvalue weighted by atomic mass is 35.5. The van der Waals surface area contributed by atoms with Gasteiger partial charge in [0.05, 0.1) is 15.7 Å². The van der Waals surface area contributed by atoms with Crippen molar-refractivity contribution in [3.8, 4) is 0 Å². The van der Waals surface area contributed by atoms with Gasteiger partial charge in [0.25, 0.3) is 0 Å². The number of nitrogens with one attached hydrogen (secondary N) is 2. The summed E-state index contributed by atoms with van der Waals surface area (Å²) in [7, 11) is 0. The summed E-state index contributed by atoms with van der Waals surface area (Å²) in [5.41, 5.74) is 3.20. The molecule has 0 aliphatic rings. The Morgan fingerprint density at radius 2 is 1.84 bits per heavy atom. The Kier molecular flexibility index (Phi) is 3.36. The van der Waals surface area contributed by atoms with Crippen LogP contribution in [-0.2, 0) is 6.54 Å². The van der Waals surface area contributed by atoms with Crippen molar-refractivity contribution in [3.05, 3.63) is 64.3 Å². The molecule has 3 rings (SSSR count). The number of aromatic amines is 1. The third kappa shape index (κ3) is 2.42. The van der Waals surface area contributed by atoms with E-state index >= 15 is 0 Å². The summed E-state index contributed by atoms with van der Waals surface area (Å²) in [6.07, 6.45) is 1.94. The lowest BCUT2D eigenvalue weighted by Gasteiger charge is -2.10. The fraction of sp³-hybridized carbons (Fsp3) is 0.0667. The van der Waals surface area contributed by atoms with Gasteiger partial charge in [-0.15, -0.1) is 0 Å². The fourth-order valence-electron chi connectivity index (χ4n) is 2.14. The van der Waals surface area contributed by atoms with Crippen LogP contribution in [0.25, 0.3) is 10.9 Å². The minimum absolute atomic E-state index is 0.561. The van der Waals surface area contributed by atoms with Crippen molar-refractivity contribution in [1.29, 1.82) is 0 Å². The third-order valence-corrected chi connectivity index (χ3v) is 3.93. The normalized spacial score (nSPS) is 10.8. The lowest BCUT2D eigenvalue weighted by molar-refractivity contribution is 1.17. The quantitative estimate of drug-likeness (QED) is 0.691. The summed E-state index contributed by atoms with van der Waals surface area (Å²) in [4.78, 5) is 3.20. The molecule has 0 aliphatic carbocycles. The molecule has 3 aromatic rings. The first-order chi connectivity index (χ1) is 9.25. The largest absolute Gasteiger partial charge is 0.380 e. The molecule has 2 nitrogen and oxygen atoms in total. The number of aromatic nitrogens is 1. The van der Waals surface area contributed by atoms with Gasteiger partial charge in [0.1, 0.15) is 0 Å². The van der Waals surface area contributed by atoms with E-state index in [0.717, 1.165) is 11.2 Å². The molecule has 0 atom stereocenters. The molecule has 0 spiro atoms. The maximum Gasteiger partial charge on any atom is 0.0823 e. The predicted molar refractivity (Wildman–Crippen MR) is 82.1 cm³/mol. The van der Waals surface area contributed by atoms with E-state index in [1.165, 1.54) is 10.9 Å². The average molecular weight is 291 g/mol. The molecule has 0 fully saturated rings. The number of hydrogen-bond donors (Lipinski definition) is 2. The molecule has 0 saturated carbocycles. The standard InChI is InChI=1S/C15H12Cl2N2/c16-12-4-2-6-14(15(12)17)19-9-10-3-1-5-13-11(10)7-8-18-13/h1-8,18-19H,9H2. The SMILES string of the molecule is Clc1cccc(NCc2cccc3[nH]ccc23)c1Cl. The van der Waals surface area contributed by atoms with Gasteiger partial charge in [-0.1, -0.05) is 41.4 Å². The summed E-state index contributed by atoms with van der Waals surface area (Å²) in [6, 6.07) is 13.9. The van der Waals surface area contributed by atoms with Gasteiger partial charge in [0, 0.05) is 23.6 Å². The molecule has 0 bridgehead atoms. The van der Waals surface area contributed by atoms with E-state index in [0.29, 0.717) is 16.6 Å². The van der Waals surface area contributed by atoms with Crippen LogP contribution in [0.4, 0.5) is 5.69 Å². The second-order valence-corrected chi connectivity index (χ2v) is 5.10. The van der Waals surface area contributed by atoms with Crippen LogP contribution in [0.1, 0.15) is 5.56 Å². The van der Waals surface area contributed by atoms with Crippen molar-refractivity contribution in [2.75, 3.05) is 5.32 Å². The highest BCUT2D eigenvalue weighted by molar-refractivity contribution is 6.43. The van der Waals surface area contributed by atoms with Crippen LogP contribution in [-0.4, -0.2) is 4.98 Å². The molecule has 1 heterocycles. The summed E-state index contributed by atoms with van der Waals surface area (Å²) in [6.45, 7) is 0.704. The fourth-order valence-corrected chi connectivity index (χ4v) is 2.50.